The summed E-state index contributed by atoms with van der Waals surface area (Å²) < 4.78 is 0. The van der Waals surface area contributed by atoms with Crippen LogP contribution in [0.15, 0.2) is 133 Å². The fraction of sp³-hybridized carbons (Fsp3) is 0.263. The summed E-state index contributed by atoms with van der Waals surface area (Å²) >= 11 is 0. The Kier molecular flexibility index (Phi) is 7.05. The van der Waals surface area contributed by atoms with Gasteiger partial charge >= 0.3 is 6.85 Å². The molecule has 294 valence electrons. The first-order valence-corrected chi connectivity index (χ1v) is 22.2. The van der Waals surface area contributed by atoms with E-state index in [9.17, 15) is 0 Å². The van der Waals surface area contributed by atoms with E-state index in [0.717, 1.165) is 0 Å². The zero-order valence-electron chi connectivity index (χ0n) is 36.6. The summed E-state index contributed by atoms with van der Waals surface area (Å²) in [6.07, 6.45) is 2.40. The molecule has 0 amide bonds. The summed E-state index contributed by atoms with van der Waals surface area (Å²) in [6, 6.07) is 51.8. The monoisotopic (exact) mass is 776 g/mol. The molecule has 0 atom stereocenters. The number of rotatable bonds is 2. The minimum Gasteiger partial charge on any atom is -0.376 e. The zero-order chi connectivity index (χ0) is 41.2. The molecular formula is C57H53BN2. The third-order valence-electron chi connectivity index (χ3n) is 15.7. The largest absolute Gasteiger partial charge is 0.376 e. The molecule has 0 fully saturated rings. The lowest BCUT2D eigenvalue weighted by Gasteiger charge is -2.52. The second kappa shape index (κ2) is 11.7. The van der Waals surface area contributed by atoms with E-state index in [1.807, 2.05) is 0 Å². The van der Waals surface area contributed by atoms with Gasteiger partial charge in [-0.15, -0.1) is 0 Å². The predicted molar refractivity (Wildman–Crippen MR) is 255 cm³/mol. The first-order valence-electron chi connectivity index (χ1n) is 22.2. The van der Waals surface area contributed by atoms with Crippen LogP contribution in [0.4, 0.5) is 28.4 Å². The molecule has 3 heterocycles. The number of aryl methyl sites for hydroxylation is 1. The Morgan fingerprint density at radius 2 is 1.13 bits per heavy atom. The van der Waals surface area contributed by atoms with Gasteiger partial charge in [-0.1, -0.05) is 165 Å². The van der Waals surface area contributed by atoms with Crippen LogP contribution >= 0.6 is 0 Å². The van der Waals surface area contributed by atoms with Crippen LogP contribution < -0.4 is 20.6 Å². The molecule has 3 heteroatoms. The minimum absolute atomic E-state index is 0.0447. The molecule has 0 N–H and O–H groups in total. The van der Waals surface area contributed by atoms with Crippen molar-refractivity contribution in [1.29, 1.82) is 0 Å². The van der Waals surface area contributed by atoms with E-state index in [1.54, 1.807) is 0 Å². The van der Waals surface area contributed by atoms with Gasteiger partial charge in [-0.25, -0.2) is 0 Å². The Morgan fingerprint density at radius 1 is 0.450 bits per heavy atom. The highest BCUT2D eigenvalue weighted by atomic mass is 15.2. The summed E-state index contributed by atoms with van der Waals surface area (Å²) in [4.78, 5) is 5.48. The van der Waals surface area contributed by atoms with E-state index >= 15 is 0 Å². The van der Waals surface area contributed by atoms with Crippen LogP contribution in [0.1, 0.15) is 107 Å². The Bertz CT molecular complexity index is 3020. The number of nitrogens with zero attached hydrogens (tertiary/aromatic N) is 2. The Morgan fingerprint density at radius 3 is 1.92 bits per heavy atom. The van der Waals surface area contributed by atoms with Crippen molar-refractivity contribution in [1.82, 2.24) is 0 Å². The summed E-state index contributed by atoms with van der Waals surface area (Å²) in [6.45, 7) is 22.0. The topological polar surface area (TPSA) is 6.48 Å². The van der Waals surface area contributed by atoms with Gasteiger partial charge in [0.15, 0.2) is 0 Å². The Balaban J connectivity index is 1.20. The average molecular weight is 777 g/mol. The van der Waals surface area contributed by atoms with Crippen molar-refractivity contribution >= 4 is 46.2 Å². The molecule has 3 aliphatic heterocycles. The van der Waals surface area contributed by atoms with Crippen molar-refractivity contribution in [2.24, 2.45) is 0 Å². The lowest BCUT2D eigenvalue weighted by Crippen LogP contribution is -2.62. The van der Waals surface area contributed by atoms with E-state index in [-0.39, 0.29) is 28.5 Å². The van der Waals surface area contributed by atoms with Gasteiger partial charge in [-0.05, 0) is 133 Å². The van der Waals surface area contributed by atoms with Crippen molar-refractivity contribution < 1.29 is 0 Å². The fourth-order valence-electron chi connectivity index (χ4n) is 12.4. The first-order chi connectivity index (χ1) is 28.7. The quantitative estimate of drug-likeness (QED) is 0.161. The lowest BCUT2D eigenvalue weighted by atomic mass is 9.42. The van der Waals surface area contributed by atoms with Gasteiger partial charge in [0.2, 0.25) is 0 Å². The van der Waals surface area contributed by atoms with Crippen LogP contribution in [0.3, 0.4) is 0 Å². The fourth-order valence-corrected chi connectivity index (χ4v) is 12.4. The van der Waals surface area contributed by atoms with E-state index in [1.165, 1.54) is 125 Å². The van der Waals surface area contributed by atoms with Gasteiger partial charge in [0.25, 0.3) is 0 Å². The number of anilines is 5. The van der Waals surface area contributed by atoms with Crippen molar-refractivity contribution in [3.63, 3.8) is 0 Å². The van der Waals surface area contributed by atoms with E-state index in [0.29, 0.717) is 0 Å². The molecular weight excluding hydrogens is 723 g/mol. The van der Waals surface area contributed by atoms with E-state index in [4.69, 9.17) is 0 Å². The van der Waals surface area contributed by atoms with Crippen LogP contribution in [-0.2, 0) is 21.7 Å². The maximum Gasteiger partial charge on any atom is 0.333 e. The third kappa shape index (κ3) is 4.56. The maximum atomic E-state index is 2.77. The summed E-state index contributed by atoms with van der Waals surface area (Å²) in [5.74, 6) is 0. The molecule has 7 aromatic rings. The Hall–Kier alpha value is -5.80. The SMILES string of the molecule is Cc1cc2c3c(c1)N1c4cc5c(cc4C(C)(C)c4cccc(c41)B3N(c1cccc3c1C(C)(C)c1ccccc1-3)c1cc(-c3ccccc3)ccc1-2)C(C)(C)CCC5(C)C. The molecule has 0 bridgehead atoms. The molecule has 2 aliphatic carbocycles. The molecule has 0 saturated heterocycles. The number of benzene rings is 7. The number of fused-ring (bicyclic) bond motifs is 10. The molecule has 0 spiro atoms. The van der Waals surface area contributed by atoms with Crippen LogP contribution in [0.5, 0.6) is 0 Å². The van der Waals surface area contributed by atoms with Gasteiger partial charge in [-0.3, -0.25) is 0 Å². The molecule has 0 aromatic heterocycles. The highest BCUT2D eigenvalue weighted by molar-refractivity contribution is 6.93. The maximum absolute atomic E-state index is 2.77. The summed E-state index contributed by atoms with van der Waals surface area (Å²) in [7, 11) is 0. The minimum atomic E-state index is -0.205. The molecule has 0 radical (unpaired) electrons. The molecule has 0 unspecified atom stereocenters. The molecule has 0 saturated carbocycles. The second-order valence-electron chi connectivity index (χ2n) is 20.9. The Labute approximate surface area is 357 Å². The molecule has 7 aromatic carbocycles. The predicted octanol–water partition coefficient (Wildman–Crippen LogP) is 13.7. The molecule has 12 rings (SSSR count). The van der Waals surface area contributed by atoms with Crippen LogP contribution in [0.25, 0.3) is 33.4 Å². The molecule has 5 aliphatic rings. The van der Waals surface area contributed by atoms with Crippen molar-refractivity contribution in [3.8, 4) is 33.4 Å². The molecule has 2 nitrogen and oxygen atoms in total. The highest BCUT2D eigenvalue weighted by Crippen LogP contribution is 2.60. The van der Waals surface area contributed by atoms with Gasteiger partial charge in [0, 0.05) is 39.1 Å². The lowest BCUT2D eigenvalue weighted by molar-refractivity contribution is 0.331. The van der Waals surface area contributed by atoms with Crippen LogP contribution in [0.2, 0.25) is 0 Å². The van der Waals surface area contributed by atoms with E-state index in [2.05, 4.69) is 205 Å². The second-order valence-corrected chi connectivity index (χ2v) is 20.9. The van der Waals surface area contributed by atoms with Crippen LogP contribution in [0, 0.1) is 6.92 Å². The van der Waals surface area contributed by atoms with Gasteiger partial charge in [0.1, 0.15) is 0 Å². The number of para-hydroxylation sites is 1. The number of hydrogen-bond acceptors (Lipinski definition) is 2. The standard InChI is InChI=1S/C57H53BN2/c1-34-29-40-38-26-25-36(35-17-11-10-12-18-35)31-48(38)60(47-24-15-20-39-37-19-13-14-21-41(37)57(8,9)51(39)47)58-46-23-16-22-42-53(46)59(50(30-34)52(40)58)49-33-44-43(32-45(49)56(42,6)7)54(2,3)27-28-55(44,4)5/h10-26,29-33H,27-28H2,1-9H3. The first kappa shape index (κ1) is 36.1. The van der Waals surface area contributed by atoms with Gasteiger partial charge in [0.05, 0.1) is 5.69 Å². The average Bonchev–Trinajstić information content (AvgIpc) is 3.48. The van der Waals surface area contributed by atoms with E-state index < -0.39 is 0 Å². The van der Waals surface area contributed by atoms with Gasteiger partial charge < -0.3 is 9.71 Å². The highest BCUT2D eigenvalue weighted by Gasteiger charge is 2.52. The van der Waals surface area contributed by atoms with Crippen molar-refractivity contribution in [2.45, 2.75) is 96.8 Å². The molecule has 60 heavy (non-hydrogen) atoms. The zero-order valence-corrected chi connectivity index (χ0v) is 36.6. The van der Waals surface area contributed by atoms with Crippen LogP contribution in [-0.4, -0.2) is 6.85 Å². The third-order valence-corrected chi connectivity index (χ3v) is 15.7. The number of hydrogen-bond donors (Lipinski definition) is 0. The van der Waals surface area contributed by atoms with Crippen molar-refractivity contribution in [2.75, 3.05) is 9.71 Å². The smallest absolute Gasteiger partial charge is 0.333 e. The summed E-state index contributed by atoms with van der Waals surface area (Å²) in [5, 5.41) is 0. The normalized spacial score (nSPS) is 18.4. The van der Waals surface area contributed by atoms with Crippen molar-refractivity contribution in [3.05, 3.63) is 172 Å². The summed E-state index contributed by atoms with van der Waals surface area (Å²) in [5.41, 5.74) is 27.0. The van der Waals surface area contributed by atoms with Gasteiger partial charge in [-0.2, -0.15) is 0 Å².